The third-order valence-corrected chi connectivity index (χ3v) is 4.15. The normalized spacial score (nSPS) is 12.5. The molecule has 2 aromatic rings. The molecule has 1 nitrogen and oxygen atoms in total. The van der Waals surface area contributed by atoms with Crippen molar-refractivity contribution in [3.63, 3.8) is 0 Å². The van der Waals surface area contributed by atoms with E-state index in [2.05, 4.69) is 38.1 Å². The Kier molecular flexibility index (Phi) is 4.28. The maximum atomic E-state index is 6.33. The van der Waals surface area contributed by atoms with Crippen molar-refractivity contribution in [2.24, 2.45) is 5.73 Å². The van der Waals surface area contributed by atoms with E-state index in [0.717, 1.165) is 22.6 Å². The van der Waals surface area contributed by atoms with Crippen LogP contribution < -0.4 is 5.73 Å². The number of halogens is 1. The molecule has 0 heterocycles. The Balaban J connectivity index is 2.23. The van der Waals surface area contributed by atoms with E-state index < -0.39 is 0 Å². The summed E-state index contributed by atoms with van der Waals surface area (Å²) in [5, 5.41) is 0.785. The minimum atomic E-state index is -0.0131. The van der Waals surface area contributed by atoms with Crippen molar-refractivity contribution in [3.05, 3.63) is 69.2 Å². The van der Waals surface area contributed by atoms with Crippen LogP contribution in [0.2, 0.25) is 5.02 Å². The molecule has 0 radical (unpaired) electrons. The largest absolute Gasteiger partial charge is 0.324 e. The van der Waals surface area contributed by atoms with Crippen molar-refractivity contribution in [1.82, 2.24) is 0 Å². The smallest absolute Gasteiger partial charge is 0.0438 e. The number of aryl methyl sites for hydroxylation is 2. The minimum Gasteiger partial charge on any atom is -0.324 e. The lowest BCUT2D eigenvalue weighted by Gasteiger charge is -2.16. The molecular weight excluding hydrogens is 254 g/mol. The fourth-order valence-corrected chi connectivity index (χ4v) is 2.50. The Hall–Kier alpha value is -1.31. The molecule has 0 saturated heterocycles. The molecule has 0 bridgehead atoms. The van der Waals surface area contributed by atoms with Crippen molar-refractivity contribution in [2.75, 3.05) is 0 Å². The van der Waals surface area contributed by atoms with Crippen molar-refractivity contribution in [1.29, 1.82) is 0 Å². The number of nitrogens with two attached hydrogens (primary N) is 1. The van der Waals surface area contributed by atoms with Gasteiger partial charge >= 0.3 is 0 Å². The zero-order valence-corrected chi connectivity index (χ0v) is 12.5. The van der Waals surface area contributed by atoms with Crippen LogP contribution in [0.1, 0.15) is 33.9 Å². The summed E-state index contributed by atoms with van der Waals surface area (Å²) in [4.78, 5) is 0. The molecule has 1 atom stereocenters. The van der Waals surface area contributed by atoms with Crippen molar-refractivity contribution in [2.45, 2.75) is 33.2 Å². The van der Waals surface area contributed by atoms with Gasteiger partial charge in [-0.15, -0.1) is 0 Å². The topological polar surface area (TPSA) is 26.0 Å². The van der Waals surface area contributed by atoms with Crippen LogP contribution in [-0.2, 0) is 6.42 Å². The lowest BCUT2D eigenvalue weighted by Crippen LogP contribution is -2.15. The molecule has 0 spiro atoms. The number of benzene rings is 2. The van der Waals surface area contributed by atoms with Gasteiger partial charge in [-0.3, -0.25) is 0 Å². The van der Waals surface area contributed by atoms with Crippen LogP contribution in [0.4, 0.5) is 0 Å². The second-order valence-corrected chi connectivity index (χ2v) is 5.59. The van der Waals surface area contributed by atoms with Gasteiger partial charge in [-0.25, -0.2) is 0 Å². The highest BCUT2D eigenvalue weighted by molar-refractivity contribution is 6.31. The first-order valence-corrected chi connectivity index (χ1v) is 6.93. The number of hydrogen-bond donors (Lipinski definition) is 1. The van der Waals surface area contributed by atoms with Crippen LogP contribution in [0.15, 0.2) is 36.4 Å². The molecule has 19 heavy (non-hydrogen) atoms. The lowest BCUT2D eigenvalue weighted by atomic mass is 9.94. The first-order valence-electron chi connectivity index (χ1n) is 6.55. The van der Waals surface area contributed by atoms with E-state index in [4.69, 9.17) is 17.3 Å². The van der Waals surface area contributed by atoms with E-state index >= 15 is 0 Å². The van der Waals surface area contributed by atoms with E-state index in [0.29, 0.717) is 0 Å². The minimum absolute atomic E-state index is 0.0131. The molecule has 2 heteroatoms. The predicted octanol–water partition coefficient (Wildman–Crippen LogP) is 4.51. The van der Waals surface area contributed by atoms with Gasteiger partial charge in [0.05, 0.1) is 0 Å². The molecule has 0 aromatic heterocycles. The Morgan fingerprint density at radius 3 is 2.47 bits per heavy atom. The van der Waals surface area contributed by atoms with Gasteiger partial charge in [-0.1, -0.05) is 41.9 Å². The average Bonchev–Trinajstić information content (AvgIpc) is 2.37. The summed E-state index contributed by atoms with van der Waals surface area (Å²) in [6.45, 7) is 6.28. The summed E-state index contributed by atoms with van der Waals surface area (Å²) in [5.74, 6) is 0. The first-order chi connectivity index (χ1) is 8.99. The Morgan fingerprint density at radius 1 is 1.05 bits per heavy atom. The van der Waals surface area contributed by atoms with Gasteiger partial charge in [0.2, 0.25) is 0 Å². The SMILES string of the molecule is Cc1ccc(CC(N)c2cccc(Cl)c2C)cc1C. The van der Waals surface area contributed by atoms with E-state index in [9.17, 15) is 0 Å². The highest BCUT2D eigenvalue weighted by atomic mass is 35.5. The number of hydrogen-bond acceptors (Lipinski definition) is 1. The summed E-state index contributed by atoms with van der Waals surface area (Å²) in [6, 6.07) is 12.4. The monoisotopic (exact) mass is 273 g/mol. The Morgan fingerprint density at radius 2 is 1.79 bits per heavy atom. The van der Waals surface area contributed by atoms with Gasteiger partial charge in [0.15, 0.2) is 0 Å². The molecule has 2 N–H and O–H groups in total. The zero-order valence-electron chi connectivity index (χ0n) is 11.7. The number of rotatable bonds is 3. The summed E-state index contributed by atoms with van der Waals surface area (Å²) in [6.07, 6.45) is 0.836. The maximum absolute atomic E-state index is 6.33. The van der Waals surface area contributed by atoms with Crippen LogP contribution in [0.5, 0.6) is 0 Å². The Labute approximate surface area is 120 Å². The lowest BCUT2D eigenvalue weighted by molar-refractivity contribution is 0.716. The summed E-state index contributed by atoms with van der Waals surface area (Å²) >= 11 is 6.15. The van der Waals surface area contributed by atoms with Crippen LogP contribution in [0, 0.1) is 20.8 Å². The van der Waals surface area contributed by atoms with Gasteiger partial charge < -0.3 is 5.73 Å². The molecule has 2 rings (SSSR count). The van der Waals surface area contributed by atoms with Crippen LogP contribution >= 0.6 is 11.6 Å². The Bertz CT molecular complexity index is 590. The zero-order chi connectivity index (χ0) is 14.0. The quantitative estimate of drug-likeness (QED) is 0.875. The average molecular weight is 274 g/mol. The molecule has 0 aliphatic carbocycles. The molecule has 0 fully saturated rings. The van der Waals surface area contributed by atoms with Crippen LogP contribution in [-0.4, -0.2) is 0 Å². The third kappa shape index (κ3) is 3.17. The van der Waals surface area contributed by atoms with Gasteiger partial charge in [-0.2, -0.15) is 0 Å². The first kappa shape index (κ1) is 14.1. The van der Waals surface area contributed by atoms with Gasteiger partial charge in [0.25, 0.3) is 0 Å². The second kappa shape index (κ2) is 5.77. The van der Waals surface area contributed by atoms with Crippen LogP contribution in [0.3, 0.4) is 0 Å². The molecular formula is C17H20ClN. The molecule has 100 valence electrons. The molecule has 2 aromatic carbocycles. The van der Waals surface area contributed by atoms with Crippen molar-refractivity contribution >= 4 is 11.6 Å². The summed E-state index contributed by atoms with van der Waals surface area (Å²) in [7, 11) is 0. The fourth-order valence-electron chi connectivity index (χ4n) is 2.32. The van der Waals surface area contributed by atoms with Crippen LogP contribution in [0.25, 0.3) is 0 Å². The molecule has 1 unspecified atom stereocenters. The molecule has 0 saturated carbocycles. The highest BCUT2D eigenvalue weighted by Gasteiger charge is 2.11. The highest BCUT2D eigenvalue weighted by Crippen LogP contribution is 2.25. The van der Waals surface area contributed by atoms with E-state index in [1.807, 2.05) is 19.1 Å². The van der Waals surface area contributed by atoms with Gasteiger partial charge in [0, 0.05) is 11.1 Å². The van der Waals surface area contributed by atoms with E-state index in [1.165, 1.54) is 16.7 Å². The summed E-state index contributed by atoms with van der Waals surface area (Å²) in [5.41, 5.74) is 12.4. The third-order valence-electron chi connectivity index (χ3n) is 3.74. The fraction of sp³-hybridized carbons (Fsp3) is 0.294. The predicted molar refractivity (Wildman–Crippen MR) is 82.7 cm³/mol. The van der Waals surface area contributed by atoms with Gasteiger partial charge in [-0.05, 0) is 61.1 Å². The second-order valence-electron chi connectivity index (χ2n) is 5.18. The van der Waals surface area contributed by atoms with Crippen molar-refractivity contribution < 1.29 is 0 Å². The van der Waals surface area contributed by atoms with E-state index in [1.54, 1.807) is 0 Å². The van der Waals surface area contributed by atoms with Gasteiger partial charge in [0.1, 0.15) is 0 Å². The molecule has 0 aliphatic rings. The molecule has 0 amide bonds. The summed E-state index contributed by atoms with van der Waals surface area (Å²) < 4.78 is 0. The van der Waals surface area contributed by atoms with E-state index in [-0.39, 0.29) is 6.04 Å². The standard InChI is InChI=1S/C17H20ClN/c1-11-7-8-14(9-12(11)2)10-17(19)15-5-4-6-16(18)13(15)3/h4-9,17H,10,19H2,1-3H3. The maximum Gasteiger partial charge on any atom is 0.0438 e. The van der Waals surface area contributed by atoms with Crippen molar-refractivity contribution in [3.8, 4) is 0 Å². The molecule has 0 aliphatic heterocycles.